The first-order valence-corrected chi connectivity index (χ1v) is 11.3. The number of carbonyl (C=O) groups is 1. The van der Waals surface area contributed by atoms with Gasteiger partial charge in [-0.25, -0.2) is 18.4 Å². The number of amides is 1. The lowest BCUT2D eigenvalue weighted by atomic mass is 10.3. The molecule has 0 saturated heterocycles. The highest BCUT2D eigenvalue weighted by Gasteiger charge is 2.16. The molecule has 0 unspecified atom stereocenters. The average Bonchev–Trinajstić information content (AvgIpc) is 3.04. The summed E-state index contributed by atoms with van der Waals surface area (Å²) in [6, 6.07) is 7.14. The van der Waals surface area contributed by atoms with Crippen LogP contribution in [0.15, 0.2) is 40.4 Å². The van der Waals surface area contributed by atoms with Gasteiger partial charge in [-0.15, -0.1) is 10.2 Å². The molecule has 0 fully saturated rings. The number of rotatable bonds is 7. The van der Waals surface area contributed by atoms with Crippen molar-refractivity contribution in [3.8, 4) is 0 Å². The van der Waals surface area contributed by atoms with Crippen LogP contribution in [-0.4, -0.2) is 40.2 Å². The fourth-order valence-electron chi connectivity index (χ4n) is 2.08. The summed E-state index contributed by atoms with van der Waals surface area (Å²) in [5.41, 5.74) is 11.6. The quantitative estimate of drug-likeness (QED) is 0.302. The van der Waals surface area contributed by atoms with Crippen molar-refractivity contribution < 1.29 is 13.2 Å². The Morgan fingerprint density at radius 2 is 1.79 bits per heavy atom. The van der Waals surface area contributed by atoms with Crippen LogP contribution in [0.3, 0.4) is 0 Å². The topological polar surface area (TPSA) is 179 Å². The SMILES string of the molecule is Cc1nnc(NS(=O)(=O)c2ccc(NC(=O)CSc3nc(N)cc(N)n3)cc2)s1. The second kappa shape index (κ2) is 8.59. The Labute approximate surface area is 174 Å². The number of nitrogens with zero attached hydrogens (tertiary/aromatic N) is 4. The number of carbonyl (C=O) groups excluding carboxylic acids is 1. The number of hydrogen-bond acceptors (Lipinski definition) is 11. The van der Waals surface area contributed by atoms with Crippen LogP contribution < -0.4 is 21.5 Å². The highest BCUT2D eigenvalue weighted by Crippen LogP contribution is 2.21. The molecular formula is C15H16N8O3S3. The minimum absolute atomic E-state index is 0.0287. The number of hydrogen-bond donors (Lipinski definition) is 4. The van der Waals surface area contributed by atoms with Crippen LogP contribution in [0.4, 0.5) is 22.5 Å². The normalized spacial score (nSPS) is 11.2. The smallest absolute Gasteiger partial charge is 0.263 e. The molecule has 0 atom stereocenters. The van der Waals surface area contributed by atoms with Gasteiger partial charge in [-0.2, -0.15) is 0 Å². The first-order chi connectivity index (χ1) is 13.7. The Morgan fingerprint density at radius 1 is 1.14 bits per heavy atom. The minimum atomic E-state index is -3.80. The van der Waals surface area contributed by atoms with Crippen LogP contribution in [0.25, 0.3) is 0 Å². The van der Waals surface area contributed by atoms with Crippen LogP contribution in [0, 0.1) is 6.92 Å². The van der Waals surface area contributed by atoms with Crippen molar-refractivity contribution in [2.24, 2.45) is 0 Å². The van der Waals surface area contributed by atoms with Gasteiger partial charge in [-0.05, 0) is 31.2 Å². The first kappa shape index (κ1) is 20.8. The van der Waals surface area contributed by atoms with Crippen molar-refractivity contribution >= 4 is 61.5 Å². The highest BCUT2D eigenvalue weighted by atomic mass is 32.2. The molecule has 29 heavy (non-hydrogen) atoms. The Balaban J connectivity index is 1.58. The third kappa shape index (κ3) is 5.75. The number of aromatic nitrogens is 4. The van der Waals surface area contributed by atoms with E-state index < -0.39 is 10.0 Å². The fraction of sp³-hybridized carbons (Fsp3) is 0.133. The van der Waals surface area contributed by atoms with Gasteiger partial charge in [0.1, 0.15) is 16.6 Å². The van der Waals surface area contributed by atoms with Crippen LogP contribution in [0.1, 0.15) is 5.01 Å². The number of nitrogen functional groups attached to an aromatic ring is 2. The van der Waals surface area contributed by atoms with E-state index in [1.165, 1.54) is 30.3 Å². The zero-order valence-corrected chi connectivity index (χ0v) is 17.4. The highest BCUT2D eigenvalue weighted by molar-refractivity contribution is 7.99. The minimum Gasteiger partial charge on any atom is -0.383 e. The second-order valence-electron chi connectivity index (χ2n) is 5.59. The van der Waals surface area contributed by atoms with Gasteiger partial charge in [0.25, 0.3) is 10.0 Å². The molecule has 152 valence electrons. The first-order valence-electron chi connectivity index (χ1n) is 7.97. The maximum Gasteiger partial charge on any atom is 0.263 e. The van der Waals surface area contributed by atoms with Gasteiger partial charge in [0.2, 0.25) is 11.0 Å². The number of anilines is 4. The molecule has 0 radical (unpaired) electrons. The zero-order valence-electron chi connectivity index (χ0n) is 15.0. The van der Waals surface area contributed by atoms with Crippen molar-refractivity contribution in [1.82, 2.24) is 20.2 Å². The molecule has 1 aromatic carbocycles. The lowest BCUT2D eigenvalue weighted by molar-refractivity contribution is -0.113. The van der Waals surface area contributed by atoms with Gasteiger partial charge >= 0.3 is 0 Å². The predicted octanol–water partition coefficient (Wildman–Crippen LogP) is 1.33. The molecule has 2 aromatic heterocycles. The maximum atomic E-state index is 12.4. The summed E-state index contributed by atoms with van der Waals surface area (Å²) in [7, 11) is -3.80. The van der Waals surface area contributed by atoms with E-state index in [1.54, 1.807) is 6.92 Å². The summed E-state index contributed by atoms with van der Waals surface area (Å²) in [6.45, 7) is 1.72. The molecule has 0 saturated carbocycles. The number of nitrogens with two attached hydrogens (primary N) is 2. The molecule has 3 rings (SSSR count). The molecule has 3 aromatic rings. The molecule has 0 aliphatic heterocycles. The van der Waals surface area contributed by atoms with Crippen molar-refractivity contribution in [1.29, 1.82) is 0 Å². The monoisotopic (exact) mass is 452 g/mol. The molecule has 2 heterocycles. The van der Waals surface area contributed by atoms with Crippen molar-refractivity contribution in [2.45, 2.75) is 17.0 Å². The number of aryl methyl sites for hydroxylation is 1. The molecular weight excluding hydrogens is 436 g/mol. The van der Waals surface area contributed by atoms with Crippen molar-refractivity contribution in [3.05, 3.63) is 35.3 Å². The number of sulfonamides is 1. The van der Waals surface area contributed by atoms with Gasteiger partial charge in [0.05, 0.1) is 10.6 Å². The fourth-order valence-corrected chi connectivity index (χ4v) is 4.58. The molecule has 0 bridgehead atoms. The van der Waals surface area contributed by atoms with Gasteiger partial charge in [0, 0.05) is 11.8 Å². The average molecular weight is 453 g/mol. The molecule has 0 aliphatic rings. The van der Waals surface area contributed by atoms with E-state index >= 15 is 0 Å². The third-order valence-corrected chi connectivity index (χ3v) is 6.36. The van der Waals surface area contributed by atoms with Gasteiger partial charge < -0.3 is 16.8 Å². The third-order valence-electron chi connectivity index (χ3n) is 3.27. The standard InChI is InChI=1S/C15H16N8O3S3/c1-8-21-22-15(28-8)23-29(25,26)10-4-2-9(3-5-10)18-13(24)7-27-14-19-11(16)6-12(17)20-14/h2-6H,7H2,1H3,(H,18,24)(H,22,23)(H4,16,17,19,20). The van der Waals surface area contributed by atoms with Gasteiger partial charge in [0.15, 0.2) is 5.16 Å². The van der Waals surface area contributed by atoms with E-state index in [2.05, 4.69) is 30.2 Å². The summed E-state index contributed by atoms with van der Waals surface area (Å²) < 4.78 is 27.1. The zero-order chi connectivity index (χ0) is 21.0. The van der Waals surface area contributed by atoms with Crippen molar-refractivity contribution in [2.75, 3.05) is 27.3 Å². The van der Waals surface area contributed by atoms with Crippen LogP contribution in [-0.2, 0) is 14.8 Å². The van der Waals surface area contributed by atoms with Crippen molar-refractivity contribution in [3.63, 3.8) is 0 Å². The maximum absolute atomic E-state index is 12.4. The summed E-state index contributed by atoms with van der Waals surface area (Å²) in [6.07, 6.45) is 0. The van der Waals surface area contributed by atoms with E-state index in [1.807, 2.05) is 0 Å². The van der Waals surface area contributed by atoms with Crippen LogP contribution in [0.5, 0.6) is 0 Å². The lowest BCUT2D eigenvalue weighted by Gasteiger charge is -2.08. The van der Waals surface area contributed by atoms with E-state index in [4.69, 9.17) is 11.5 Å². The van der Waals surface area contributed by atoms with Gasteiger partial charge in [-0.1, -0.05) is 23.1 Å². The van der Waals surface area contributed by atoms with Gasteiger partial charge in [-0.3, -0.25) is 9.52 Å². The summed E-state index contributed by atoms with van der Waals surface area (Å²) in [4.78, 5) is 20.1. The van der Waals surface area contributed by atoms with E-state index in [0.29, 0.717) is 10.7 Å². The lowest BCUT2D eigenvalue weighted by Crippen LogP contribution is -2.15. The summed E-state index contributed by atoms with van der Waals surface area (Å²) in [5.74, 6) is 0.141. The van der Waals surface area contributed by atoms with Crippen LogP contribution >= 0.6 is 23.1 Å². The second-order valence-corrected chi connectivity index (χ2v) is 9.40. The largest absolute Gasteiger partial charge is 0.383 e. The Morgan fingerprint density at radius 3 is 2.38 bits per heavy atom. The number of nitrogens with one attached hydrogen (secondary N) is 2. The molecule has 0 spiro atoms. The predicted molar refractivity (Wildman–Crippen MR) is 112 cm³/mol. The van der Waals surface area contributed by atoms with E-state index in [9.17, 15) is 13.2 Å². The number of thioether (sulfide) groups is 1. The molecule has 0 aliphatic carbocycles. The number of benzene rings is 1. The summed E-state index contributed by atoms with van der Waals surface area (Å²) in [5, 5.41) is 11.3. The molecule has 14 heteroatoms. The Kier molecular flexibility index (Phi) is 6.14. The van der Waals surface area contributed by atoms with E-state index in [-0.39, 0.29) is 38.5 Å². The Bertz CT molecular complexity index is 1110. The molecule has 1 amide bonds. The molecule has 11 nitrogen and oxygen atoms in total. The van der Waals surface area contributed by atoms with E-state index in [0.717, 1.165) is 23.1 Å². The molecule has 6 N–H and O–H groups in total. The van der Waals surface area contributed by atoms with Crippen LogP contribution in [0.2, 0.25) is 0 Å². The Hall–Kier alpha value is -2.97. The summed E-state index contributed by atoms with van der Waals surface area (Å²) >= 11 is 2.20.